The number of halogens is 1. The van der Waals surface area contributed by atoms with Crippen LogP contribution in [0.3, 0.4) is 0 Å². The molecule has 2 amide bonds. The Balaban J connectivity index is 1.71. The van der Waals surface area contributed by atoms with Gasteiger partial charge in [-0.05, 0) is 11.6 Å². The molecular formula is C22H18ClN3O4S. The third-order valence-electron chi connectivity index (χ3n) is 5.03. The van der Waals surface area contributed by atoms with E-state index in [1.807, 2.05) is 24.3 Å². The minimum absolute atomic E-state index is 0.242. The lowest BCUT2D eigenvalue weighted by atomic mass is 9.89. The Morgan fingerprint density at radius 3 is 2.58 bits per heavy atom. The molecule has 2 atom stereocenters. The quantitative estimate of drug-likeness (QED) is 0.610. The van der Waals surface area contributed by atoms with Crippen LogP contribution in [-0.2, 0) is 14.4 Å². The normalized spacial score (nSPS) is 19.1. The number of carboxylic acids is 1. The van der Waals surface area contributed by atoms with Crippen molar-refractivity contribution in [2.24, 2.45) is 5.92 Å². The Bertz CT molecular complexity index is 1130. The smallest absolute Gasteiger partial charge is 0.304 e. The third-order valence-corrected chi connectivity index (χ3v) is 6.22. The molecule has 4 rings (SSSR count). The summed E-state index contributed by atoms with van der Waals surface area (Å²) in [6.45, 7) is -0.242. The summed E-state index contributed by atoms with van der Waals surface area (Å²) in [6, 6.07) is 15.4. The van der Waals surface area contributed by atoms with E-state index in [1.165, 1.54) is 16.2 Å². The number of anilines is 1. The average molecular weight is 456 g/mol. The highest BCUT2D eigenvalue weighted by Gasteiger charge is 2.40. The largest absolute Gasteiger partial charge is 0.481 e. The number of thiazole rings is 1. The van der Waals surface area contributed by atoms with E-state index < -0.39 is 30.3 Å². The first-order valence-corrected chi connectivity index (χ1v) is 10.8. The number of nitrogens with zero attached hydrogens (tertiary/aromatic N) is 2. The summed E-state index contributed by atoms with van der Waals surface area (Å²) in [4.78, 5) is 43.4. The lowest BCUT2D eigenvalue weighted by Gasteiger charge is -2.25. The van der Waals surface area contributed by atoms with E-state index in [2.05, 4.69) is 10.3 Å². The number of rotatable bonds is 5. The Labute approximate surface area is 187 Å². The van der Waals surface area contributed by atoms with Crippen LogP contribution in [0.5, 0.6) is 0 Å². The topological polar surface area (TPSA) is 99.6 Å². The Hall–Kier alpha value is -3.23. The van der Waals surface area contributed by atoms with Crippen molar-refractivity contribution < 1.29 is 19.5 Å². The lowest BCUT2D eigenvalue weighted by molar-refractivity contribution is -0.141. The molecule has 0 bridgehead atoms. The van der Waals surface area contributed by atoms with E-state index in [0.29, 0.717) is 27.0 Å². The van der Waals surface area contributed by atoms with Crippen molar-refractivity contribution in [3.63, 3.8) is 0 Å². The van der Waals surface area contributed by atoms with Crippen molar-refractivity contribution in [2.75, 3.05) is 11.4 Å². The van der Waals surface area contributed by atoms with Crippen LogP contribution in [0, 0.1) is 5.92 Å². The van der Waals surface area contributed by atoms with Gasteiger partial charge in [0.25, 0.3) is 0 Å². The number of aromatic nitrogens is 1. The minimum atomic E-state index is -1.12. The number of nitrogens with one attached hydrogen (secondary N) is 1. The maximum Gasteiger partial charge on any atom is 0.304 e. The number of amides is 2. The fraction of sp³-hybridized carbons (Fsp3) is 0.182. The number of carbonyl (C=O) groups is 3. The van der Waals surface area contributed by atoms with Gasteiger partial charge in [-0.15, -0.1) is 11.3 Å². The summed E-state index contributed by atoms with van der Waals surface area (Å²) in [5.41, 5.74) is 1.97. The van der Waals surface area contributed by atoms with E-state index in [-0.39, 0.29) is 12.5 Å². The fourth-order valence-electron chi connectivity index (χ4n) is 3.60. The van der Waals surface area contributed by atoms with Crippen LogP contribution in [0.4, 0.5) is 5.13 Å². The van der Waals surface area contributed by atoms with E-state index in [1.54, 1.807) is 35.7 Å². The Morgan fingerprint density at radius 1 is 1.16 bits per heavy atom. The maximum absolute atomic E-state index is 13.4. The molecule has 0 saturated carbocycles. The third kappa shape index (κ3) is 4.45. The number of aliphatic carboxylic acids is 1. The molecule has 1 saturated heterocycles. The highest BCUT2D eigenvalue weighted by atomic mass is 35.5. The summed E-state index contributed by atoms with van der Waals surface area (Å²) < 4.78 is 0. The van der Waals surface area contributed by atoms with Crippen molar-refractivity contribution in [2.45, 2.75) is 12.5 Å². The second kappa shape index (κ2) is 8.87. The molecule has 1 aromatic heterocycles. The summed E-state index contributed by atoms with van der Waals surface area (Å²) in [6.07, 6.45) is -0.419. The van der Waals surface area contributed by atoms with Gasteiger partial charge in [0.1, 0.15) is 6.54 Å². The second-order valence-electron chi connectivity index (χ2n) is 7.08. The predicted octanol–water partition coefficient (Wildman–Crippen LogP) is 3.76. The van der Waals surface area contributed by atoms with Gasteiger partial charge in [-0.1, -0.05) is 60.1 Å². The van der Waals surface area contributed by atoms with Gasteiger partial charge in [-0.2, -0.15) is 0 Å². The van der Waals surface area contributed by atoms with Crippen LogP contribution >= 0.6 is 22.9 Å². The molecule has 2 N–H and O–H groups in total. The van der Waals surface area contributed by atoms with Gasteiger partial charge in [0.15, 0.2) is 5.13 Å². The molecule has 7 nitrogen and oxygen atoms in total. The summed E-state index contributed by atoms with van der Waals surface area (Å²) in [7, 11) is 0. The van der Waals surface area contributed by atoms with Gasteiger partial charge in [0, 0.05) is 16.0 Å². The van der Waals surface area contributed by atoms with Gasteiger partial charge in [-0.25, -0.2) is 4.98 Å². The van der Waals surface area contributed by atoms with Crippen LogP contribution < -0.4 is 10.2 Å². The summed E-state index contributed by atoms with van der Waals surface area (Å²) >= 11 is 7.45. The zero-order valence-electron chi connectivity index (χ0n) is 16.2. The fourth-order valence-corrected chi connectivity index (χ4v) is 4.66. The van der Waals surface area contributed by atoms with Crippen molar-refractivity contribution in [1.82, 2.24) is 10.3 Å². The second-order valence-corrected chi connectivity index (χ2v) is 8.32. The van der Waals surface area contributed by atoms with Crippen LogP contribution in [0.15, 0.2) is 60.0 Å². The molecule has 31 heavy (non-hydrogen) atoms. The van der Waals surface area contributed by atoms with Gasteiger partial charge < -0.3 is 10.4 Å². The van der Waals surface area contributed by atoms with Crippen molar-refractivity contribution in [1.29, 1.82) is 0 Å². The first kappa shape index (κ1) is 21.0. The van der Waals surface area contributed by atoms with E-state index in [9.17, 15) is 19.5 Å². The summed E-state index contributed by atoms with van der Waals surface area (Å²) in [5, 5.41) is 14.9. The molecule has 9 heteroatoms. The predicted molar refractivity (Wildman–Crippen MR) is 118 cm³/mol. The van der Waals surface area contributed by atoms with Crippen LogP contribution in [0.2, 0.25) is 5.02 Å². The van der Waals surface area contributed by atoms with Gasteiger partial charge in [-0.3, -0.25) is 19.3 Å². The van der Waals surface area contributed by atoms with Crippen molar-refractivity contribution >= 4 is 45.9 Å². The van der Waals surface area contributed by atoms with Gasteiger partial charge in [0.05, 0.1) is 24.1 Å². The number of benzene rings is 2. The molecule has 0 radical (unpaired) electrons. The van der Waals surface area contributed by atoms with E-state index in [4.69, 9.17) is 11.6 Å². The molecule has 158 valence electrons. The standard InChI is InChI=1S/C22H18ClN3O4S/c23-16-9-5-4-8-14(16)17-12-31-22(24-17)26-11-18(27)25-20(13-6-2-1-3-7-13)15(21(26)30)10-19(28)29/h1-9,12,15,20H,10-11H2,(H,25,27)(H,28,29). The summed E-state index contributed by atoms with van der Waals surface area (Å²) in [5.74, 6) is -2.94. The molecule has 0 spiro atoms. The number of carboxylic acid groups (broad SMARTS) is 1. The van der Waals surface area contributed by atoms with Crippen LogP contribution in [-0.4, -0.2) is 34.4 Å². The monoisotopic (exact) mass is 455 g/mol. The highest BCUT2D eigenvalue weighted by molar-refractivity contribution is 7.14. The molecule has 1 aliphatic rings. The van der Waals surface area contributed by atoms with Crippen LogP contribution in [0.1, 0.15) is 18.0 Å². The van der Waals surface area contributed by atoms with Gasteiger partial charge in [0.2, 0.25) is 11.8 Å². The molecule has 3 aromatic rings. The first-order chi connectivity index (χ1) is 14.9. The molecule has 1 aliphatic heterocycles. The zero-order valence-corrected chi connectivity index (χ0v) is 17.8. The highest BCUT2D eigenvalue weighted by Crippen LogP contribution is 2.35. The molecule has 2 aromatic carbocycles. The molecule has 2 heterocycles. The minimum Gasteiger partial charge on any atom is -0.481 e. The van der Waals surface area contributed by atoms with Gasteiger partial charge >= 0.3 is 5.97 Å². The molecular weight excluding hydrogens is 438 g/mol. The Kier molecular flexibility index (Phi) is 6.01. The first-order valence-electron chi connectivity index (χ1n) is 9.52. The van der Waals surface area contributed by atoms with E-state index in [0.717, 1.165) is 0 Å². The molecule has 1 fully saturated rings. The maximum atomic E-state index is 13.4. The Morgan fingerprint density at radius 2 is 1.87 bits per heavy atom. The average Bonchev–Trinajstić information content (AvgIpc) is 3.20. The van der Waals surface area contributed by atoms with E-state index >= 15 is 0 Å². The molecule has 0 aliphatic carbocycles. The SMILES string of the molecule is O=C(O)CC1C(=O)N(c2nc(-c3ccccc3Cl)cs2)CC(=O)NC1c1ccccc1. The molecule has 2 unspecified atom stereocenters. The van der Waals surface area contributed by atoms with Crippen molar-refractivity contribution in [3.8, 4) is 11.3 Å². The number of carbonyl (C=O) groups excluding carboxylic acids is 2. The zero-order chi connectivity index (χ0) is 22.0. The number of hydrogen-bond acceptors (Lipinski definition) is 5. The number of hydrogen-bond donors (Lipinski definition) is 2. The van der Waals surface area contributed by atoms with Crippen LogP contribution in [0.25, 0.3) is 11.3 Å². The van der Waals surface area contributed by atoms with Crippen molar-refractivity contribution in [3.05, 3.63) is 70.6 Å². The lowest BCUT2D eigenvalue weighted by Crippen LogP contribution is -2.38.